The summed E-state index contributed by atoms with van der Waals surface area (Å²) in [6.45, 7) is 10.1. The van der Waals surface area contributed by atoms with Crippen molar-refractivity contribution in [1.29, 1.82) is 0 Å². The minimum atomic E-state index is 0.0907. The number of nitrogens with one attached hydrogen (secondary N) is 1. The number of amides is 1. The first kappa shape index (κ1) is 13.2. The van der Waals surface area contributed by atoms with Gasteiger partial charge in [-0.05, 0) is 29.9 Å². The Morgan fingerprint density at radius 2 is 2.06 bits per heavy atom. The lowest BCUT2D eigenvalue weighted by Crippen LogP contribution is -2.34. The molecule has 1 aliphatic heterocycles. The van der Waals surface area contributed by atoms with Crippen molar-refractivity contribution >= 4 is 5.91 Å². The van der Waals surface area contributed by atoms with Gasteiger partial charge in [0.05, 0.1) is 0 Å². The van der Waals surface area contributed by atoms with E-state index in [1.807, 2.05) is 18.7 Å². The third kappa shape index (κ3) is 2.45. The highest BCUT2D eigenvalue weighted by atomic mass is 16.2. The molecule has 1 N–H and O–H groups in total. The fourth-order valence-electron chi connectivity index (χ4n) is 2.71. The number of aromatic amines is 1. The molecule has 0 fully saturated rings. The second-order valence-corrected chi connectivity index (χ2v) is 5.87. The fourth-order valence-corrected chi connectivity index (χ4v) is 2.71. The minimum absolute atomic E-state index is 0.0907. The van der Waals surface area contributed by atoms with Gasteiger partial charge in [-0.15, -0.1) is 0 Å². The molecule has 2 heterocycles. The van der Waals surface area contributed by atoms with Gasteiger partial charge in [0.1, 0.15) is 0 Å². The first-order valence-corrected chi connectivity index (χ1v) is 6.98. The Hall–Kier alpha value is -1.25. The SMILES string of the molecule is CC(C)C(=O)N1CCCc2[nH]cc(C(C)C)c2C1. The second kappa shape index (κ2) is 5.17. The van der Waals surface area contributed by atoms with Crippen molar-refractivity contribution in [3.05, 3.63) is 23.0 Å². The molecule has 3 nitrogen and oxygen atoms in total. The summed E-state index contributed by atoms with van der Waals surface area (Å²) >= 11 is 0. The van der Waals surface area contributed by atoms with Gasteiger partial charge in [0.15, 0.2) is 0 Å². The average Bonchev–Trinajstić information content (AvgIpc) is 2.59. The number of carbonyl (C=O) groups excluding carboxylic acids is 1. The zero-order valence-corrected chi connectivity index (χ0v) is 11.9. The number of nitrogens with zero attached hydrogens (tertiary/aromatic N) is 1. The van der Waals surface area contributed by atoms with Crippen molar-refractivity contribution in [3.63, 3.8) is 0 Å². The van der Waals surface area contributed by atoms with E-state index < -0.39 is 0 Å². The third-order valence-electron chi connectivity index (χ3n) is 3.75. The number of hydrogen-bond acceptors (Lipinski definition) is 1. The van der Waals surface area contributed by atoms with Crippen LogP contribution in [0.15, 0.2) is 6.20 Å². The molecule has 0 atom stereocenters. The summed E-state index contributed by atoms with van der Waals surface area (Å²) in [6, 6.07) is 0. The maximum Gasteiger partial charge on any atom is 0.225 e. The van der Waals surface area contributed by atoms with Crippen LogP contribution in [0.5, 0.6) is 0 Å². The fraction of sp³-hybridized carbons (Fsp3) is 0.667. The molecular weight excluding hydrogens is 224 g/mol. The molecule has 0 spiro atoms. The Morgan fingerprint density at radius 3 is 2.67 bits per heavy atom. The summed E-state index contributed by atoms with van der Waals surface area (Å²) in [6.07, 6.45) is 4.24. The number of hydrogen-bond donors (Lipinski definition) is 1. The molecule has 1 amide bonds. The highest BCUT2D eigenvalue weighted by Crippen LogP contribution is 2.27. The summed E-state index contributed by atoms with van der Waals surface area (Å²) in [5.74, 6) is 0.880. The summed E-state index contributed by atoms with van der Waals surface area (Å²) < 4.78 is 0. The van der Waals surface area contributed by atoms with Crippen LogP contribution in [-0.2, 0) is 17.8 Å². The van der Waals surface area contributed by atoms with E-state index in [2.05, 4.69) is 25.0 Å². The normalized spacial score (nSPS) is 16.0. The molecule has 0 unspecified atom stereocenters. The molecule has 3 heteroatoms. The number of rotatable bonds is 2. The molecule has 100 valence electrons. The molecule has 0 aliphatic carbocycles. The van der Waals surface area contributed by atoms with E-state index in [-0.39, 0.29) is 11.8 Å². The summed E-state index contributed by atoms with van der Waals surface area (Å²) in [4.78, 5) is 17.6. The van der Waals surface area contributed by atoms with E-state index >= 15 is 0 Å². The number of H-pyrrole nitrogens is 1. The Labute approximate surface area is 110 Å². The molecule has 1 aromatic heterocycles. The van der Waals surface area contributed by atoms with E-state index in [0.29, 0.717) is 5.92 Å². The molecule has 1 aliphatic rings. The average molecular weight is 248 g/mol. The van der Waals surface area contributed by atoms with Crippen LogP contribution in [0.3, 0.4) is 0 Å². The van der Waals surface area contributed by atoms with Gasteiger partial charge in [-0.3, -0.25) is 4.79 Å². The molecule has 0 radical (unpaired) electrons. The van der Waals surface area contributed by atoms with Crippen LogP contribution in [0.25, 0.3) is 0 Å². The quantitative estimate of drug-likeness (QED) is 0.858. The predicted octanol–water partition coefficient (Wildman–Crippen LogP) is 3.07. The van der Waals surface area contributed by atoms with E-state index in [9.17, 15) is 4.79 Å². The van der Waals surface area contributed by atoms with Gasteiger partial charge in [-0.2, -0.15) is 0 Å². The Kier molecular flexibility index (Phi) is 3.79. The van der Waals surface area contributed by atoms with Crippen LogP contribution in [-0.4, -0.2) is 22.3 Å². The topological polar surface area (TPSA) is 36.1 Å². The molecule has 0 bridgehead atoms. The van der Waals surface area contributed by atoms with Crippen LogP contribution in [0.1, 0.15) is 56.9 Å². The van der Waals surface area contributed by atoms with Crippen LogP contribution in [0.2, 0.25) is 0 Å². The molecule has 0 saturated heterocycles. The van der Waals surface area contributed by atoms with Gasteiger partial charge in [-0.1, -0.05) is 27.7 Å². The first-order chi connectivity index (χ1) is 8.50. The highest BCUT2D eigenvalue weighted by molar-refractivity contribution is 5.78. The van der Waals surface area contributed by atoms with Crippen molar-refractivity contribution in [2.24, 2.45) is 5.92 Å². The smallest absolute Gasteiger partial charge is 0.225 e. The van der Waals surface area contributed by atoms with Gasteiger partial charge in [0.25, 0.3) is 0 Å². The van der Waals surface area contributed by atoms with Gasteiger partial charge in [0, 0.05) is 30.9 Å². The van der Waals surface area contributed by atoms with E-state index in [1.165, 1.54) is 16.8 Å². The largest absolute Gasteiger partial charge is 0.364 e. The van der Waals surface area contributed by atoms with Crippen molar-refractivity contribution in [2.75, 3.05) is 6.54 Å². The number of aromatic nitrogens is 1. The lowest BCUT2D eigenvalue weighted by molar-refractivity contribution is -0.135. The van der Waals surface area contributed by atoms with Crippen LogP contribution in [0.4, 0.5) is 0 Å². The van der Waals surface area contributed by atoms with Gasteiger partial charge < -0.3 is 9.88 Å². The minimum Gasteiger partial charge on any atom is -0.364 e. The van der Waals surface area contributed by atoms with Crippen LogP contribution < -0.4 is 0 Å². The maximum absolute atomic E-state index is 12.2. The first-order valence-electron chi connectivity index (χ1n) is 6.98. The van der Waals surface area contributed by atoms with E-state index in [4.69, 9.17) is 0 Å². The molecular formula is C15H24N2O. The molecule has 0 aromatic carbocycles. The third-order valence-corrected chi connectivity index (χ3v) is 3.75. The standard InChI is InChI=1S/C15H24N2O/c1-10(2)12-8-16-14-6-5-7-17(9-13(12)14)15(18)11(3)4/h8,10-11,16H,5-7,9H2,1-4H3. The molecule has 0 saturated carbocycles. The predicted molar refractivity (Wildman–Crippen MR) is 73.5 cm³/mol. The Balaban J connectivity index is 2.27. The van der Waals surface area contributed by atoms with Crippen LogP contribution >= 0.6 is 0 Å². The van der Waals surface area contributed by atoms with E-state index in [1.54, 1.807) is 0 Å². The van der Waals surface area contributed by atoms with Crippen molar-refractivity contribution in [1.82, 2.24) is 9.88 Å². The Bertz CT molecular complexity index is 432. The van der Waals surface area contributed by atoms with Gasteiger partial charge in [0.2, 0.25) is 5.91 Å². The highest BCUT2D eigenvalue weighted by Gasteiger charge is 2.24. The van der Waals surface area contributed by atoms with Gasteiger partial charge in [-0.25, -0.2) is 0 Å². The van der Waals surface area contributed by atoms with Crippen molar-refractivity contribution in [3.8, 4) is 0 Å². The summed E-state index contributed by atoms with van der Waals surface area (Å²) in [7, 11) is 0. The monoisotopic (exact) mass is 248 g/mol. The lowest BCUT2D eigenvalue weighted by atomic mass is 9.99. The molecule has 2 rings (SSSR count). The lowest BCUT2D eigenvalue weighted by Gasteiger charge is -2.23. The number of fused-ring (bicyclic) bond motifs is 1. The zero-order chi connectivity index (χ0) is 13.3. The molecule has 18 heavy (non-hydrogen) atoms. The Morgan fingerprint density at radius 1 is 1.33 bits per heavy atom. The summed E-state index contributed by atoms with van der Waals surface area (Å²) in [5.41, 5.74) is 4.06. The van der Waals surface area contributed by atoms with Crippen molar-refractivity contribution in [2.45, 2.75) is 53.0 Å². The second-order valence-electron chi connectivity index (χ2n) is 5.87. The van der Waals surface area contributed by atoms with Crippen molar-refractivity contribution < 1.29 is 4.79 Å². The molecule has 1 aromatic rings. The number of carbonyl (C=O) groups is 1. The maximum atomic E-state index is 12.2. The number of aryl methyl sites for hydroxylation is 1. The van der Waals surface area contributed by atoms with Crippen LogP contribution in [0, 0.1) is 5.92 Å². The summed E-state index contributed by atoms with van der Waals surface area (Å²) in [5, 5.41) is 0. The van der Waals surface area contributed by atoms with Gasteiger partial charge >= 0.3 is 0 Å². The zero-order valence-electron chi connectivity index (χ0n) is 11.9. The van der Waals surface area contributed by atoms with E-state index in [0.717, 1.165) is 25.9 Å².